The highest BCUT2D eigenvalue weighted by Crippen LogP contribution is 2.39. The molecule has 0 unspecified atom stereocenters. The van der Waals surface area contributed by atoms with Crippen molar-refractivity contribution in [2.75, 3.05) is 13.2 Å². The van der Waals surface area contributed by atoms with Crippen molar-refractivity contribution < 1.29 is 14.3 Å². The van der Waals surface area contributed by atoms with E-state index in [1.54, 1.807) is 0 Å². The van der Waals surface area contributed by atoms with Crippen LogP contribution in [0.5, 0.6) is 11.5 Å². The number of aliphatic imine (C=N–C) groups is 1. The number of hydrogen-bond donors (Lipinski definition) is 0. The summed E-state index contributed by atoms with van der Waals surface area (Å²) in [6, 6.07) is 15.8. The molecule has 2 aromatic carbocycles. The maximum atomic E-state index is 13.5. The number of carbonyl (C=O) groups is 1. The van der Waals surface area contributed by atoms with Gasteiger partial charge >= 0.3 is 0 Å². The third kappa shape index (κ3) is 5.18. The van der Waals surface area contributed by atoms with Crippen LogP contribution in [-0.4, -0.2) is 35.2 Å². The second-order valence-corrected chi connectivity index (χ2v) is 8.88. The van der Waals surface area contributed by atoms with Crippen LogP contribution in [0.3, 0.4) is 0 Å². The molecule has 1 aliphatic heterocycles. The lowest BCUT2D eigenvalue weighted by Crippen LogP contribution is -2.40. The number of para-hydroxylation sites is 1. The topological polar surface area (TPSA) is 51.1 Å². The first-order valence-electron chi connectivity index (χ1n) is 11.5. The number of carbonyl (C=O) groups excluding carboxylic acids is 1. The Labute approximate surface area is 194 Å². The van der Waals surface area contributed by atoms with Crippen molar-refractivity contribution in [3.8, 4) is 11.5 Å². The first-order valence-corrected chi connectivity index (χ1v) is 12.3. The fraction of sp³-hybridized carbons (Fsp3) is 0.385. The van der Waals surface area contributed by atoms with Gasteiger partial charge in [0, 0.05) is 17.7 Å². The molecule has 0 atom stereocenters. The van der Waals surface area contributed by atoms with E-state index in [-0.39, 0.29) is 11.9 Å². The third-order valence-corrected chi connectivity index (χ3v) is 6.62. The summed E-state index contributed by atoms with van der Waals surface area (Å²) in [4.78, 5) is 21.0. The van der Waals surface area contributed by atoms with E-state index in [0.717, 1.165) is 53.6 Å². The fourth-order valence-electron chi connectivity index (χ4n) is 4.15. The van der Waals surface area contributed by atoms with Gasteiger partial charge in [0.15, 0.2) is 5.17 Å². The largest absolute Gasteiger partial charge is 0.494 e. The normalized spacial score (nSPS) is 19.7. The van der Waals surface area contributed by atoms with E-state index < -0.39 is 0 Å². The van der Waals surface area contributed by atoms with Crippen LogP contribution in [-0.2, 0) is 4.79 Å². The standard InChI is InChI=1S/C26H30N2O3S/c1-3-30-22-16-15-19(23(18-22)31-4-2)17-24-25(29)28(21-13-9-6-10-14-21)26(32-24)27-20-11-7-5-8-12-20/h5,7-8,11-12,15-18,21H,3-4,6,9-10,13-14H2,1-2H3/b24-17-,27-26?. The van der Waals surface area contributed by atoms with Gasteiger partial charge in [-0.15, -0.1) is 0 Å². The zero-order chi connectivity index (χ0) is 22.3. The van der Waals surface area contributed by atoms with Gasteiger partial charge < -0.3 is 9.47 Å². The number of amides is 1. The molecule has 1 amide bonds. The molecule has 2 fully saturated rings. The summed E-state index contributed by atoms with van der Waals surface area (Å²) in [5.74, 6) is 1.52. The van der Waals surface area contributed by atoms with Crippen LogP contribution in [0.1, 0.15) is 51.5 Å². The van der Waals surface area contributed by atoms with Crippen molar-refractivity contribution in [2.24, 2.45) is 4.99 Å². The van der Waals surface area contributed by atoms with Gasteiger partial charge in [-0.1, -0.05) is 37.5 Å². The van der Waals surface area contributed by atoms with Gasteiger partial charge in [-0.3, -0.25) is 9.69 Å². The van der Waals surface area contributed by atoms with E-state index in [2.05, 4.69) is 0 Å². The highest BCUT2D eigenvalue weighted by Gasteiger charge is 2.38. The lowest BCUT2D eigenvalue weighted by atomic mass is 9.94. The molecular formula is C26H30N2O3S. The van der Waals surface area contributed by atoms with Gasteiger partial charge in [0.2, 0.25) is 0 Å². The predicted octanol–water partition coefficient (Wildman–Crippen LogP) is 6.42. The van der Waals surface area contributed by atoms with E-state index in [9.17, 15) is 4.79 Å². The lowest BCUT2D eigenvalue weighted by Gasteiger charge is -2.30. The van der Waals surface area contributed by atoms with Gasteiger partial charge in [-0.25, -0.2) is 4.99 Å². The Morgan fingerprint density at radius 3 is 2.50 bits per heavy atom. The zero-order valence-corrected chi connectivity index (χ0v) is 19.6. The summed E-state index contributed by atoms with van der Waals surface area (Å²) in [6.45, 7) is 5.05. The first kappa shape index (κ1) is 22.5. The zero-order valence-electron chi connectivity index (χ0n) is 18.8. The highest BCUT2D eigenvalue weighted by molar-refractivity contribution is 8.18. The molecule has 1 saturated heterocycles. The number of nitrogens with zero attached hydrogens (tertiary/aromatic N) is 2. The molecule has 1 saturated carbocycles. The second kappa shape index (κ2) is 10.7. The van der Waals surface area contributed by atoms with Crippen molar-refractivity contribution in [3.05, 3.63) is 59.0 Å². The summed E-state index contributed by atoms with van der Waals surface area (Å²) in [5.41, 5.74) is 1.73. The van der Waals surface area contributed by atoms with Gasteiger partial charge in [0.1, 0.15) is 11.5 Å². The van der Waals surface area contributed by atoms with Gasteiger partial charge in [0.05, 0.1) is 23.8 Å². The van der Waals surface area contributed by atoms with Crippen LogP contribution >= 0.6 is 11.8 Å². The first-order chi connectivity index (χ1) is 15.7. The predicted molar refractivity (Wildman–Crippen MR) is 132 cm³/mol. The minimum absolute atomic E-state index is 0.0351. The molecule has 0 N–H and O–H groups in total. The average molecular weight is 451 g/mol. The Kier molecular flexibility index (Phi) is 7.53. The Morgan fingerprint density at radius 2 is 1.78 bits per heavy atom. The molecule has 1 aliphatic carbocycles. The van der Waals surface area contributed by atoms with Crippen LogP contribution < -0.4 is 9.47 Å². The second-order valence-electron chi connectivity index (χ2n) is 7.87. The van der Waals surface area contributed by atoms with Crippen molar-refractivity contribution in [3.63, 3.8) is 0 Å². The fourth-order valence-corrected chi connectivity index (χ4v) is 5.20. The quantitative estimate of drug-likeness (QED) is 0.457. The number of ether oxygens (including phenoxy) is 2. The van der Waals surface area contributed by atoms with Gasteiger partial charge in [-0.05, 0) is 68.8 Å². The SMILES string of the molecule is CCOc1ccc(/C=C2\SC(=Nc3ccccc3)N(C3CCCCC3)C2=O)c(OCC)c1. The summed E-state index contributed by atoms with van der Waals surface area (Å²) in [7, 11) is 0. The van der Waals surface area contributed by atoms with E-state index in [0.29, 0.717) is 18.1 Å². The summed E-state index contributed by atoms with van der Waals surface area (Å²) < 4.78 is 11.5. The Morgan fingerprint density at radius 1 is 1.03 bits per heavy atom. The van der Waals surface area contributed by atoms with Crippen LogP contribution in [0.2, 0.25) is 0 Å². The van der Waals surface area contributed by atoms with E-state index in [1.807, 2.05) is 73.4 Å². The van der Waals surface area contributed by atoms with Crippen LogP contribution in [0, 0.1) is 0 Å². The minimum atomic E-state index is 0.0351. The molecule has 0 radical (unpaired) electrons. The molecule has 4 rings (SSSR count). The molecule has 5 nitrogen and oxygen atoms in total. The molecule has 0 aromatic heterocycles. The van der Waals surface area contributed by atoms with Crippen molar-refractivity contribution in [1.29, 1.82) is 0 Å². The molecule has 168 valence electrons. The smallest absolute Gasteiger partial charge is 0.267 e. The van der Waals surface area contributed by atoms with E-state index >= 15 is 0 Å². The Bertz CT molecular complexity index is 997. The lowest BCUT2D eigenvalue weighted by molar-refractivity contribution is -0.124. The van der Waals surface area contributed by atoms with E-state index in [1.165, 1.54) is 18.2 Å². The monoisotopic (exact) mass is 450 g/mol. The highest BCUT2D eigenvalue weighted by atomic mass is 32.2. The van der Waals surface area contributed by atoms with Crippen molar-refractivity contribution in [2.45, 2.75) is 52.0 Å². The molecule has 2 aromatic rings. The summed E-state index contributed by atoms with van der Waals surface area (Å²) >= 11 is 1.45. The van der Waals surface area contributed by atoms with Crippen LogP contribution in [0.4, 0.5) is 5.69 Å². The molecule has 0 spiro atoms. The molecular weight excluding hydrogens is 420 g/mol. The molecule has 2 aliphatic rings. The molecule has 1 heterocycles. The van der Waals surface area contributed by atoms with Crippen molar-refractivity contribution in [1.82, 2.24) is 4.90 Å². The van der Waals surface area contributed by atoms with Crippen LogP contribution in [0.15, 0.2) is 58.4 Å². The Balaban J connectivity index is 1.69. The van der Waals surface area contributed by atoms with Gasteiger partial charge in [0.25, 0.3) is 5.91 Å². The van der Waals surface area contributed by atoms with Gasteiger partial charge in [-0.2, -0.15) is 0 Å². The number of thioether (sulfide) groups is 1. The maximum absolute atomic E-state index is 13.5. The number of hydrogen-bond acceptors (Lipinski definition) is 5. The summed E-state index contributed by atoms with van der Waals surface area (Å²) in [5, 5.41) is 0.767. The third-order valence-electron chi connectivity index (χ3n) is 5.64. The van der Waals surface area contributed by atoms with E-state index in [4.69, 9.17) is 14.5 Å². The van der Waals surface area contributed by atoms with Crippen LogP contribution in [0.25, 0.3) is 6.08 Å². The molecule has 32 heavy (non-hydrogen) atoms. The molecule has 0 bridgehead atoms. The number of amidine groups is 1. The van der Waals surface area contributed by atoms with Crippen molar-refractivity contribution >= 4 is 34.6 Å². The summed E-state index contributed by atoms with van der Waals surface area (Å²) in [6.07, 6.45) is 7.54. The Hall–Kier alpha value is -2.73. The number of rotatable bonds is 7. The number of benzene rings is 2. The maximum Gasteiger partial charge on any atom is 0.267 e. The molecule has 6 heteroatoms. The average Bonchev–Trinajstić information content (AvgIpc) is 3.11. The minimum Gasteiger partial charge on any atom is -0.494 e.